The number of benzene rings is 2. The third-order valence-corrected chi connectivity index (χ3v) is 2.98. The summed E-state index contributed by atoms with van der Waals surface area (Å²) in [6, 6.07) is 13.2. The van der Waals surface area contributed by atoms with Crippen molar-refractivity contribution in [1.29, 1.82) is 0 Å². The monoisotopic (exact) mass is 286 g/mol. The van der Waals surface area contributed by atoms with Crippen molar-refractivity contribution in [2.24, 2.45) is 0 Å². The van der Waals surface area contributed by atoms with E-state index in [-0.39, 0.29) is 12.2 Å². The second kappa shape index (κ2) is 6.79. The van der Waals surface area contributed by atoms with Gasteiger partial charge in [0, 0.05) is 5.56 Å². The molecule has 0 aliphatic rings. The largest absolute Gasteiger partial charge is 0.466 e. The van der Waals surface area contributed by atoms with Crippen LogP contribution in [0.4, 0.5) is 4.39 Å². The van der Waals surface area contributed by atoms with Gasteiger partial charge in [-0.2, -0.15) is 0 Å². The number of carbonyl (C=O) groups excluding carboxylic acids is 2. The van der Waals surface area contributed by atoms with Crippen LogP contribution < -0.4 is 0 Å². The molecule has 0 fully saturated rings. The number of ketones is 1. The van der Waals surface area contributed by atoms with E-state index in [9.17, 15) is 14.0 Å². The minimum absolute atomic E-state index is 0.189. The number of Topliss-reactive ketones (excluding diaryl/α,β-unsaturated/α-hetero) is 1. The standard InChI is InChI=1S/C17H15FO3/c1-2-21-17(20)11-16(19)15-10-13(18)8-9-14(15)12-6-4-3-5-7-12/h3-10H,2,11H2,1H3. The van der Waals surface area contributed by atoms with Crippen molar-refractivity contribution in [2.45, 2.75) is 13.3 Å². The number of hydrogen-bond acceptors (Lipinski definition) is 3. The van der Waals surface area contributed by atoms with E-state index in [2.05, 4.69) is 0 Å². The molecule has 21 heavy (non-hydrogen) atoms. The Balaban J connectivity index is 2.36. The van der Waals surface area contributed by atoms with Gasteiger partial charge in [0.2, 0.25) is 0 Å². The highest BCUT2D eigenvalue weighted by Gasteiger charge is 2.17. The van der Waals surface area contributed by atoms with E-state index in [1.165, 1.54) is 6.07 Å². The van der Waals surface area contributed by atoms with Crippen LogP contribution in [0.15, 0.2) is 48.5 Å². The molecule has 0 aliphatic carbocycles. The number of ether oxygens (including phenoxy) is 1. The highest BCUT2D eigenvalue weighted by atomic mass is 19.1. The highest BCUT2D eigenvalue weighted by molar-refractivity contribution is 6.09. The molecular formula is C17H15FO3. The van der Waals surface area contributed by atoms with Gasteiger partial charge in [-0.15, -0.1) is 0 Å². The zero-order valence-electron chi connectivity index (χ0n) is 11.6. The summed E-state index contributed by atoms with van der Waals surface area (Å²) in [6.07, 6.45) is -0.392. The molecule has 0 spiro atoms. The Labute approximate surface area is 122 Å². The first kappa shape index (κ1) is 14.9. The van der Waals surface area contributed by atoms with E-state index in [4.69, 9.17) is 4.74 Å². The predicted molar refractivity (Wildman–Crippen MR) is 77.4 cm³/mol. The molecule has 0 saturated carbocycles. The van der Waals surface area contributed by atoms with Crippen molar-refractivity contribution >= 4 is 11.8 Å². The van der Waals surface area contributed by atoms with Crippen molar-refractivity contribution in [1.82, 2.24) is 0 Å². The summed E-state index contributed by atoms with van der Waals surface area (Å²) in [5, 5.41) is 0. The van der Waals surface area contributed by atoms with Crippen LogP contribution in [0.2, 0.25) is 0 Å². The first-order valence-corrected chi connectivity index (χ1v) is 6.65. The molecule has 0 aliphatic heterocycles. The van der Waals surface area contributed by atoms with E-state index in [1.54, 1.807) is 13.0 Å². The quantitative estimate of drug-likeness (QED) is 0.479. The summed E-state index contributed by atoms with van der Waals surface area (Å²) < 4.78 is 18.2. The SMILES string of the molecule is CCOC(=O)CC(=O)c1cc(F)ccc1-c1ccccc1. The van der Waals surface area contributed by atoms with E-state index in [0.29, 0.717) is 5.56 Å². The summed E-state index contributed by atoms with van der Waals surface area (Å²) in [7, 11) is 0. The lowest BCUT2D eigenvalue weighted by Gasteiger charge is -2.09. The third-order valence-electron chi connectivity index (χ3n) is 2.98. The van der Waals surface area contributed by atoms with E-state index < -0.39 is 24.0 Å². The molecule has 4 heteroatoms. The second-order valence-electron chi connectivity index (χ2n) is 4.46. The molecule has 0 saturated heterocycles. The molecule has 0 radical (unpaired) electrons. The molecule has 2 rings (SSSR count). The van der Waals surface area contributed by atoms with E-state index >= 15 is 0 Å². The Hall–Kier alpha value is -2.49. The summed E-state index contributed by atoms with van der Waals surface area (Å²) in [4.78, 5) is 23.6. The lowest BCUT2D eigenvalue weighted by Crippen LogP contribution is -2.12. The van der Waals surface area contributed by atoms with Gasteiger partial charge in [0.1, 0.15) is 12.2 Å². The summed E-state index contributed by atoms with van der Waals surface area (Å²) in [5.74, 6) is -1.57. The average Bonchev–Trinajstić information content (AvgIpc) is 2.48. The van der Waals surface area contributed by atoms with Crippen LogP contribution in [-0.2, 0) is 9.53 Å². The Morgan fingerprint density at radius 1 is 1.10 bits per heavy atom. The van der Waals surface area contributed by atoms with Crippen LogP contribution in [0.3, 0.4) is 0 Å². The number of carbonyl (C=O) groups is 2. The van der Waals surface area contributed by atoms with Crippen LogP contribution in [0.5, 0.6) is 0 Å². The third kappa shape index (κ3) is 3.75. The topological polar surface area (TPSA) is 43.4 Å². The Morgan fingerprint density at radius 2 is 1.81 bits per heavy atom. The summed E-state index contributed by atoms with van der Waals surface area (Å²) in [6.45, 7) is 1.88. The van der Waals surface area contributed by atoms with Crippen LogP contribution >= 0.6 is 0 Å². The van der Waals surface area contributed by atoms with Gasteiger partial charge in [-0.3, -0.25) is 9.59 Å². The van der Waals surface area contributed by atoms with E-state index in [1.807, 2.05) is 30.3 Å². The first-order chi connectivity index (χ1) is 10.1. The fraction of sp³-hybridized carbons (Fsp3) is 0.176. The van der Waals surface area contributed by atoms with Gasteiger partial charge in [-0.05, 0) is 30.2 Å². The average molecular weight is 286 g/mol. The Kier molecular flexibility index (Phi) is 4.82. The number of esters is 1. The molecule has 0 aromatic heterocycles. The zero-order chi connectivity index (χ0) is 15.2. The smallest absolute Gasteiger partial charge is 0.313 e. The molecule has 108 valence electrons. The maximum Gasteiger partial charge on any atom is 0.313 e. The van der Waals surface area contributed by atoms with Crippen LogP contribution in [0.25, 0.3) is 11.1 Å². The maximum absolute atomic E-state index is 13.4. The molecule has 2 aromatic carbocycles. The lowest BCUT2D eigenvalue weighted by molar-refractivity contribution is -0.141. The van der Waals surface area contributed by atoms with Gasteiger partial charge in [0.25, 0.3) is 0 Å². The number of halogens is 1. The molecule has 3 nitrogen and oxygen atoms in total. The van der Waals surface area contributed by atoms with Gasteiger partial charge in [-0.1, -0.05) is 36.4 Å². The van der Waals surface area contributed by atoms with Crippen LogP contribution in [-0.4, -0.2) is 18.4 Å². The molecular weight excluding hydrogens is 271 g/mol. The molecule has 0 unspecified atom stereocenters. The Bertz CT molecular complexity index is 650. The molecule has 0 heterocycles. The van der Waals surface area contributed by atoms with Crippen molar-refractivity contribution in [3.63, 3.8) is 0 Å². The molecule has 0 N–H and O–H groups in total. The summed E-state index contributed by atoms with van der Waals surface area (Å²) in [5.41, 5.74) is 1.59. The lowest BCUT2D eigenvalue weighted by atomic mass is 9.96. The normalized spacial score (nSPS) is 10.2. The zero-order valence-corrected chi connectivity index (χ0v) is 11.6. The van der Waals surface area contributed by atoms with Crippen LogP contribution in [0.1, 0.15) is 23.7 Å². The molecule has 0 amide bonds. The van der Waals surface area contributed by atoms with Crippen LogP contribution in [0, 0.1) is 5.82 Å². The second-order valence-corrected chi connectivity index (χ2v) is 4.46. The molecule has 0 bridgehead atoms. The van der Waals surface area contributed by atoms with Crippen molar-refractivity contribution in [2.75, 3.05) is 6.61 Å². The summed E-state index contributed by atoms with van der Waals surface area (Å²) >= 11 is 0. The highest BCUT2D eigenvalue weighted by Crippen LogP contribution is 2.25. The fourth-order valence-corrected chi connectivity index (χ4v) is 2.05. The van der Waals surface area contributed by atoms with Gasteiger partial charge in [-0.25, -0.2) is 4.39 Å². The van der Waals surface area contributed by atoms with Gasteiger partial charge < -0.3 is 4.74 Å². The minimum Gasteiger partial charge on any atom is -0.466 e. The fourth-order valence-electron chi connectivity index (χ4n) is 2.05. The Morgan fingerprint density at radius 3 is 2.48 bits per heavy atom. The van der Waals surface area contributed by atoms with Crippen molar-refractivity contribution < 1.29 is 18.7 Å². The van der Waals surface area contributed by atoms with Crippen molar-refractivity contribution in [3.05, 3.63) is 59.9 Å². The predicted octanol–water partition coefficient (Wildman–Crippen LogP) is 3.63. The van der Waals surface area contributed by atoms with Gasteiger partial charge in [0.15, 0.2) is 5.78 Å². The molecule has 2 aromatic rings. The number of hydrogen-bond donors (Lipinski definition) is 0. The van der Waals surface area contributed by atoms with Gasteiger partial charge >= 0.3 is 5.97 Å². The van der Waals surface area contributed by atoms with Gasteiger partial charge in [0.05, 0.1) is 6.61 Å². The number of rotatable bonds is 5. The van der Waals surface area contributed by atoms with Crippen molar-refractivity contribution in [3.8, 4) is 11.1 Å². The van der Waals surface area contributed by atoms with E-state index in [0.717, 1.165) is 11.6 Å². The first-order valence-electron chi connectivity index (χ1n) is 6.65. The molecule has 0 atom stereocenters. The maximum atomic E-state index is 13.4. The minimum atomic E-state index is -0.606.